The summed E-state index contributed by atoms with van der Waals surface area (Å²) in [5.41, 5.74) is 21.7. The minimum Gasteiger partial charge on any atom is -0.0776 e. The van der Waals surface area contributed by atoms with Crippen LogP contribution >= 0.6 is 0 Å². The van der Waals surface area contributed by atoms with Crippen LogP contribution in [0.1, 0.15) is 386 Å². The van der Waals surface area contributed by atoms with Gasteiger partial charge < -0.3 is 0 Å². The SMILES string of the molecule is C.CC.CCC1CCCC(C(C)(C)C)C1.CCCC(C)(C)C.CCCCC(C)(C)C.CCc1ccc(C(C)(C)C)cc1.CCc1cccc(C(C)(C)C)c1.CCc1ccccc1C(C)(C)C.Cc1ccc(C(C)(C)C)cc1.Cc1ccc(C(C)(C)C)cc1C.Cc1cccc(C(C)(C)C)c1. The van der Waals surface area contributed by atoms with Crippen LogP contribution in [0.5, 0.6) is 0 Å². The van der Waals surface area contributed by atoms with Gasteiger partial charge in [0.25, 0.3) is 0 Å². The topological polar surface area (TPSA) is 0 Å². The first-order valence-corrected chi connectivity index (χ1v) is 39.7. The van der Waals surface area contributed by atoms with Crippen molar-refractivity contribution in [2.75, 3.05) is 0 Å². The molecule has 0 N–H and O–H groups in total. The van der Waals surface area contributed by atoms with Crippen LogP contribution in [-0.2, 0) is 51.8 Å². The highest BCUT2D eigenvalue weighted by atomic mass is 14.4. The van der Waals surface area contributed by atoms with Crippen LogP contribution in [0.4, 0.5) is 0 Å². The number of aryl methyl sites for hydroxylation is 7. The Kier molecular flexibility index (Phi) is 49.2. The first kappa shape index (κ1) is 102. The molecule has 6 aromatic carbocycles. The molecule has 7 rings (SSSR count). The minimum absolute atomic E-state index is 0. The lowest BCUT2D eigenvalue weighted by atomic mass is 9.69. The molecule has 0 amide bonds. The van der Waals surface area contributed by atoms with E-state index in [1.165, 1.54) is 137 Å². The van der Waals surface area contributed by atoms with Gasteiger partial charge in [-0.2, -0.15) is 0 Å². The zero-order chi connectivity index (χ0) is 77.6. The summed E-state index contributed by atoms with van der Waals surface area (Å²) in [6, 6.07) is 50.6. The van der Waals surface area contributed by atoms with Gasteiger partial charge in [-0.1, -0.05) is 439 Å². The van der Waals surface area contributed by atoms with E-state index < -0.39 is 0 Å². The Hall–Kier alpha value is -4.68. The van der Waals surface area contributed by atoms with Gasteiger partial charge in [-0.05, 0) is 194 Å². The second kappa shape index (κ2) is 48.4. The highest BCUT2D eigenvalue weighted by Gasteiger charge is 2.30. The quantitative estimate of drug-likeness (QED) is 0.149. The van der Waals surface area contributed by atoms with Crippen molar-refractivity contribution in [3.8, 4) is 0 Å². The third kappa shape index (κ3) is 48.3. The minimum atomic E-state index is 0. The molecule has 572 valence electrons. The summed E-state index contributed by atoms with van der Waals surface area (Å²) in [6.07, 6.45) is 17.4. The zero-order valence-corrected chi connectivity index (χ0v) is 73.6. The summed E-state index contributed by atoms with van der Waals surface area (Å²) >= 11 is 0. The molecular formula is C100H172. The molecule has 0 aliphatic heterocycles. The maximum absolute atomic E-state index is 2.40. The first-order chi connectivity index (χ1) is 45.2. The Labute approximate surface area is 629 Å². The third-order valence-corrected chi connectivity index (χ3v) is 18.7. The number of hydrogen-bond acceptors (Lipinski definition) is 0. The van der Waals surface area contributed by atoms with Gasteiger partial charge >= 0.3 is 0 Å². The van der Waals surface area contributed by atoms with E-state index >= 15 is 0 Å². The van der Waals surface area contributed by atoms with Gasteiger partial charge in [-0.15, -0.1) is 0 Å². The molecule has 0 saturated heterocycles. The molecule has 2 atom stereocenters. The monoisotopic (exact) mass is 1370 g/mol. The molecule has 6 aromatic rings. The Morgan fingerprint density at radius 3 is 1.09 bits per heavy atom. The Morgan fingerprint density at radius 2 is 0.760 bits per heavy atom. The van der Waals surface area contributed by atoms with Crippen LogP contribution in [0.2, 0.25) is 0 Å². The third-order valence-electron chi connectivity index (χ3n) is 18.7. The lowest BCUT2D eigenvalue weighted by Gasteiger charge is -2.37. The highest BCUT2D eigenvalue weighted by Crippen LogP contribution is 2.41. The summed E-state index contributed by atoms with van der Waals surface area (Å²) < 4.78 is 0. The summed E-state index contributed by atoms with van der Waals surface area (Å²) in [7, 11) is 0. The Bertz CT molecular complexity index is 2960. The summed E-state index contributed by atoms with van der Waals surface area (Å²) in [5, 5.41) is 0. The van der Waals surface area contributed by atoms with Crippen molar-refractivity contribution < 1.29 is 0 Å². The number of unbranched alkanes of at least 4 members (excludes halogenated alkanes) is 1. The molecule has 0 radical (unpaired) electrons. The second-order valence-corrected chi connectivity index (χ2v) is 38.1. The summed E-state index contributed by atoms with van der Waals surface area (Å²) in [5.74, 6) is 2.01. The van der Waals surface area contributed by atoms with Crippen LogP contribution in [0, 0.1) is 55.8 Å². The van der Waals surface area contributed by atoms with Gasteiger partial charge in [-0.25, -0.2) is 0 Å². The molecule has 100 heavy (non-hydrogen) atoms. The lowest BCUT2D eigenvalue weighted by Crippen LogP contribution is -2.26. The second-order valence-electron chi connectivity index (χ2n) is 38.1. The molecule has 1 aliphatic rings. The number of benzene rings is 6. The highest BCUT2D eigenvalue weighted by molar-refractivity contribution is 5.35. The summed E-state index contributed by atoms with van der Waals surface area (Å²) in [6.45, 7) is 87.3. The maximum atomic E-state index is 2.40. The van der Waals surface area contributed by atoms with Crippen molar-refractivity contribution in [2.24, 2.45) is 28.1 Å². The predicted octanol–water partition coefficient (Wildman–Crippen LogP) is 32.8. The van der Waals surface area contributed by atoms with Crippen molar-refractivity contribution in [1.29, 1.82) is 0 Å². The van der Waals surface area contributed by atoms with E-state index in [4.69, 9.17) is 0 Å². The maximum Gasteiger partial charge on any atom is -0.0129 e. The van der Waals surface area contributed by atoms with E-state index in [1.54, 1.807) is 0 Å². The number of rotatable bonds is 7. The van der Waals surface area contributed by atoms with Crippen LogP contribution in [-0.4, -0.2) is 0 Å². The standard InChI is InChI=1S/2C12H18.C12H24.2C12H18.2C11H16.C8H18.C7H16.C2H6.CH4/c1-9-6-7-11(8-10(9)2)12(3,4)5;1-5-10-6-8-11(9-7-10)12(2,3)4;2*1-5-10-7-6-8-11(9-10)12(2,3)4;1-5-10-8-6-7-9-11(10)12(2,3)4;1-9-5-7-10(8-6-9)11(2,3)4;1-9-6-5-7-10(8-9)11(2,3)4;1-5-6-7-8(2,3)4;1-5-6-7(2,3)4;1-2;/h6-8H,1-5H3;6-9H,5H2,1-4H3;10-11H,5-9H2,1-4H3;2*6-9H,5H2,1-4H3;2*5-8H,1-4H3;5-7H2,1-4H3;5-6H2,1-4H3;1-2H3;1H4. The van der Waals surface area contributed by atoms with E-state index in [1.807, 2.05) is 13.8 Å². The van der Waals surface area contributed by atoms with E-state index in [9.17, 15) is 0 Å². The van der Waals surface area contributed by atoms with E-state index in [-0.39, 0.29) is 39.9 Å². The molecular weight excluding hydrogens is 1200 g/mol. The molecule has 1 fully saturated rings. The molecule has 2 unspecified atom stereocenters. The molecule has 1 aliphatic carbocycles. The molecule has 0 nitrogen and oxygen atoms in total. The van der Waals surface area contributed by atoms with Gasteiger partial charge in [0, 0.05) is 0 Å². The largest absolute Gasteiger partial charge is 0.0776 e. The van der Waals surface area contributed by atoms with Gasteiger partial charge in [0.1, 0.15) is 0 Å². The van der Waals surface area contributed by atoms with E-state index in [0.717, 1.165) is 31.1 Å². The fourth-order valence-electron chi connectivity index (χ4n) is 11.3. The average molecular weight is 1370 g/mol. The normalized spacial score (nSPS) is 13.9. The fraction of sp³-hybridized carbons (Fsp3) is 0.640. The molecule has 0 spiro atoms. The van der Waals surface area contributed by atoms with Crippen molar-refractivity contribution in [3.63, 3.8) is 0 Å². The van der Waals surface area contributed by atoms with Crippen LogP contribution in [0.3, 0.4) is 0 Å². The van der Waals surface area contributed by atoms with E-state index in [0.29, 0.717) is 16.2 Å². The fourth-order valence-corrected chi connectivity index (χ4v) is 11.3. The van der Waals surface area contributed by atoms with Crippen molar-refractivity contribution in [3.05, 3.63) is 212 Å². The Balaban J connectivity index is -0.000000518. The smallest absolute Gasteiger partial charge is 0.0129 e. The molecule has 0 heterocycles. The van der Waals surface area contributed by atoms with Gasteiger partial charge in [-0.3, -0.25) is 0 Å². The number of hydrogen-bond donors (Lipinski definition) is 0. The van der Waals surface area contributed by atoms with Gasteiger partial charge in [0.2, 0.25) is 0 Å². The van der Waals surface area contributed by atoms with Crippen molar-refractivity contribution in [2.45, 2.75) is 393 Å². The Morgan fingerprint density at radius 1 is 0.340 bits per heavy atom. The van der Waals surface area contributed by atoms with Crippen molar-refractivity contribution >= 4 is 0 Å². The van der Waals surface area contributed by atoms with Crippen LogP contribution < -0.4 is 0 Å². The lowest BCUT2D eigenvalue weighted by molar-refractivity contribution is 0.139. The van der Waals surface area contributed by atoms with Gasteiger partial charge in [0.15, 0.2) is 0 Å². The predicted molar refractivity (Wildman–Crippen MR) is 465 cm³/mol. The summed E-state index contributed by atoms with van der Waals surface area (Å²) in [4.78, 5) is 0. The average Bonchev–Trinajstić information content (AvgIpc) is 0.851. The van der Waals surface area contributed by atoms with Crippen molar-refractivity contribution in [1.82, 2.24) is 0 Å². The first-order valence-electron chi connectivity index (χ1n) is 39.7. The molecule has 1 saturated carbocycles. The molecule has 0 aromatic heterocycles. The molecule has 0 bridgehead atoms. The van der Waals surface area contributed by atoms with Gasteiger partial charge in [0.05, 0.1) is 0 Å². The van der Waals surface area contributed by atoms with Crippen LogP contribution in [0.25, 0.3) is 0 Å². The van der Waals surface area contributed by atoms with E-state index in [2.05, 4.69) is 396 Å². The van der Waals surface area contributed by atoms with Crippen LogP contribution in [0.15, 0.2) is 140 Å². The molecule has 0 heteroatoms. The zero-order valence-electron chi connectivity index (χ0n) is 73.6.